The van der Waals surface area contributed by atoms with Gasteiger partial charge in [-0.3, -0.25) is 14.4 Å². The van der Waals surface area contributed by atoms with E-state index in [1.54, 1.807) is 44.4 Å². The van der Waals surface area contributed by atoms with Crippen LogP contribution in [0.4, 0.5) is 5.69 Å². The molecule has 0 radical (unpaired) electrons. The van der Waals surface area contributed by atoms with Crippen LogP contribution in [0.1, 0.15) is 54.6 Å². The maximum atomic E-state index is 13.4. The molecule has 0 aromatic heterocycles. The van der Waals surface area contributed by atoms with Gasteiger partial charge in [-0.25, -0.2) is 4.99 Å². The molecule has 0 saturated heterocycles. The largest absolute Gasteiger partial charge is 0.496 e. The SMILES string of the molecule is CCCN(CCC)C(=O)C1=Cc2c(cc(-c3ccc(C=O)c(/C=C\N(C)CC(=O)NC)c3)cc2OC)N=C(N)C1. The number of hydrogen-bond acceptors (Lipinski definition) is 7. The molecular formula is C31H39N5O4. The molecule has 1 aliphatic heterocycles. The summed E-state index contributed by atoms with van der Waals surface area (Å²) >= 11 is 0. The summed E-state index contributed by atoms with van der Waals surface area (Å²) in [5, 5.41) is 2.59. The van der Waals surface area contributed by atoms with Gasteiger partial charge in [0.1, 0.15) is 11.6 Å². The topological polar surface area (TPSA) is 117 Å². The van der Waals surface area contributed by atoms with Crippen LogP contribution in [-0.4, -0.2) is 74.6 Å². The standard InChI is InChI=1S/C31H39N5O4/c1-6-11-36(12-7-2)31(39)25-15-26-27(34-29(32)18-25)16-24(17-28(26)40-5)21-8-9-23(20-37)22(14-21)10-13-35(4)19-30(38)33-3/h8-10,13-17,20H,6-7,11-12,18-19H2,1-5H3,(H2,32,34)(H,33,38)/b13-10-. The lowest BCUT2D eigenvalue weighted by atomic mass is 9.96. The van der Waals surface area contributed by atoms with Crippen molar-refractivity contribution in [3.05, 3.63) is 58.8 Å². The van der Waals surface area contributed by atoms with E-state index in [0.29, 0.717) is 52.6 Å². The molecule has 9 nitrogen and oxygen atoms in total. The van der Waals surface area contributed by atoms with Gasteiger partial charge in [-0.15, -0.1) is 0 Å². The first-order valence-corrected chi connectivity index (χ1v) is 13.5. The lowest BCUT2D eigenvalue weighted by molar-refractivity contribution is -0.127. The Bertz CT molecular complexity index is 1340. The lowest BCUT2D eigenvalue weighted by Crippen LogP contribution is -2.34. The average Bonchev–Trinajstić information content (AvgIpc) is 3.12. The Morgan fingerprint density at radius 2 is 1.82 bits per heavy atom. The number of aliphatic imine (C=N–C) groups is 1. The quantitative estimate of drug-likeness (QED) is 0.385. The van der Waals surface area contributed by atoms with Crippen molar-refractivity contribution < 1.29 is 19.1 Å². The van der Waals surface area contributed by atoms with Crippen LogP contribution in [0.25, 0.3) is 23.3 Å². The molecule has 2 aromatic rings. The van der Waals surface area contributed by atoms with Crippen LogP contribution in [0, 0.1) is 0 Å². The van der Waals surface area contributed by atoms with Gasteiger partial charge in [0.15, 0.2) is 6.29 Å². The number of amides is 2. The fourth-order valence-electron chi connectivity index (χ4n) is 4.57. The van der Waals surface area contributed by atoms with E-state index in [1.165, 1.54) is 0 Å². The highest BCUT2D eigenvalue weighted by Gasteiger charge is 2.23. The third-order valence-electron chi connectivity index (χ3n) is 6.57. The fourth-order valence-corrected chi connectivity index (χ4v) is 4.57. The third-order valence-corrected chi connectivity index (χ3v) is 6.57. The number of benzene rings is 2. The Morgan fingerprint density at radius 1 is 1.10 bits per heavy atom. The average molecular weight is 546 g/mol. The molecule has 2 aromatic carbocycles. The molecule has 0 saturated carbocycles. The zero-order chi connectivity index (χ0) is 29.2. The number of carbonyl (C=O) groups excluding carboxylic acids is 3. The number of ether oxygens (including phenoxy) is 1. The summed E-state index contributed by atoms with van der Waals surface area (Å²) in [7, 11) is 4.95. The van der Waals surface area contributed by atoms with Crippen molar-refractivity contribution in [2.24, 2.45) is 10.7 Å². The minimum atomic E-state index is -0.115. The molecule has 9 heteroatoms. The number of fused-ring (bicyclic) bond motifs is 1. The van der Waals surface area contributed by atoms with Crippen LogP contribution in [0.15, 0.2) is 47.1 Å². The second-order valence-corrected chi connectivity index (χ2v) is 9.72. The van der Waals surface area contributed by atoms with Crippen LogP contribution in [-0.2, 0) is 9.59 Å². The van der Waals surface area contributed by atoms with Gasteiger partial charge in [0, 0.05) is 50.3 Å². The minimum absolute atomic E-state index is 0.0388. The molecule has 0 aliphatic carbocycles. The highest BCUT2D eigenvalue weighted by atomic mass is 16.5. The van der Waals surface area contributed by atoms with Gasteiger partial charge in [0.2, 0.25) is 11.8 Å². The molecule has 212 valence electrons. The molecular weight excluding hydrogens is 506 g/mol. The Morgan fingerprint density at radius 3 is 2.45 bits per heavy atom. The van der Waals surface area contributed by atoms with Gasteiger partial charge < -0.3 is 25.6 Å². The predicted octanol–water partition coefficient (Wildman–Crippen LogP) is 4.25. The van der Waals surface area contributed by atoms with E-state index in [1.807, 2.05) is 35.2 Å². The molecule has 0 atom stereocenters. The van der Waals surface area contributed by atoms with Crippen molar-refractivity contribution in [1.82, 2.24) is 15.1 Å². The summed E-state index contributed by atoms with van der Waals surface area (Å²) in [6.07, 6.45) is 8.19. The minimum Gasteiger partial charge on any atom is -0.496 e. The van der Waals surface area contributed by atoms with Gasteiger partial charge in [0.05, 0.1) is 19.3 Å². The van der Waals surface area contributed by atoms with Gasteiger partial charge in [-0.1, -0.05) is 26.0 Å². The number of nitrogens with two attached hydrogens (primary N) is 1. The van der Waals surface area contributed by atoms with E-state index < -0.39 is 0 Å². The van der Waals surface area contributed by atoms with Crippen molar-refractivity contribution in [2.45, 2.75) is 33.1 Å². The van der Waals surface area contributed by atoms with E-state index in [-0.39, 0.29) is 24.8 Å². The smallest absolute Gasteiger partial charge is 0.250 e. The maximum Gasteiger partial charge on any atom is 0.250 e. The molecule has 3 rings (SSSR count). The van der Waals surface area contributed by atoms with Crippen LogP contribution in [0.5, 0.6) is 5.75 Å². The number of aldehydes is 1. The highest BCUT2D eigenvalue weighted by molar-refractivity contribution is 6.06. The van der Waals surface area contributed by atoms with Crippen molar-refractivity contribution in [3.63, 3.8) is 0 Å². The fraction of sp³-hybridized carbons (Fsp3) is 0.355. The number of likely N-dealkylation sites (N-methyl/N-ethyl adjacent to an activating group) is 2. The Balaban J connectivity index is 2.05. The van der Waals surface area contributed by atoms with E-state index in [4.69, 9.17) is 10.5 Å². The van der Waals surface area contributed by atoms with Crippen LogP contribution < -0.4 is 15.8 Å². The first-order chi connectivity index (χ1) is 19.2. The van der Waals surface area contributed by atoms with Gasteiger partial charge in [0.25, 0.3) is 0 Å². The molecule has 1 heterocycles. The summed E-state index contributed by atoms with van der Waals surface area (Å²) < 4.78 is 5.76. The number of hydrogen-bond donors (Lipinski definition) is 2. The second kappa shape index (κ2) is 14.1. The van der Waals surface area contributed by atoms with E-state index in [2.05, 4.69) is 24.2 Å². The summed E-state index contributed by atoms with van der Waals surface area (Å²) in [5.41, 5.74) is 11.1. The predicted molar refractivity (Wildman–Crippen MR) is 161 cm³/mol. The number of nitrogens with zero attached hydrogens (tertiary/aromatic N) is 3. The van der Waals surface area contributed by atoms with Gasteiger partial charge in [-0.2, -0.15) is 0 Å². The summed E-state index contributed by atoms with van der Waals surface area (Å²) in [4.78, 5) is 45.0. The van der Waals surface area contributed by atoms with Gasteiger partial charge >= 0.3 is 0 Å². The van der Waals surface area contributed by atoms with Crippen LogP contribution in [0.3, 0.4) is 0 Å². The molecule has 0 fully saturated rings. The molecule has 40 heavy (non-hydrogen) atoms. The Labute approximate surface area is 236 Å². The summed E-state index contributed by atoms with van der Waals surface area (Å²) in [6.45, 7) is 5.66. The normalized spacial score (nSPS) is 12.6. The van der Waals surface area contributed by atoms with E-state index in [0.717, 1.165) is 30.3 Å². The molecule has 0 bridgehead atoms. The number of rotatable bonds is 12. The monoisotopic (exact) mass is 545 g/mol. The number of amidine groups is 1. The maximum absolute atomic E-state index is 13.4. The molecule has 2 amide bonds. The zero-order valence-corrected chi connectivity index (χ0v) is 24.0. The number of carbonyl (C=O) groups is 3. The van der Waals surface area contributed by atoms with Crippen molar-refractivity contribution >= 4 is 41.8 Å². The number of methoxy groups -OCH3 is 1. The molecule has 0 unspecified atom stereocenters. The third kappa shape index (κ3) is 7.37. The van der Waals surface area contributed by atoms with Crippen molar-refractivity contribution in [1.29, 1.82) is 0 Å². The van der Waals surface area contributed by atoms with E-state index >= 15 is 0 Å². The number of nitrogens with one attached hydrogen (secondary N) is 1. The Kier molecular flexibility index (Phi) is 10.6. The zero-order valence-electron chi connectivity index (χ0n) is 24.0. The second-order valence-electron chi connectivity index (χ2n) is 9.72. The highest BCUT2D eigenvalue weighted by Crippen LogP contribution is 2.39. The van der Waals surface area contributed by atoms with Crippen molar-refractivity contribution in [2.75, 3.05) is 40.8 Å². The first-order valence-electron chi connectivity index (χ1n) is 13.5. The summed E-state index contributed by atoms with van der Waals surface area (Å²) in [5.74, 6) is 0.763. The van der Waals surface area contributed by atoms with Crippen LogP contribution >= 0.6 is 0 Å². The first kappa shape index (κ1) is 30.1. The Hall–Kier alpha value is -4.40. The molecule has 1 aliphatic rings. The molecule has 3 N–H and O–H groups in total. The molecule has 0 spiro atoms. The lowest BCUT2D eigenvalue weighted by Gasteiger charge is -2.22. The van der Waals surface area contributed by atoms with Crippen LogP contribution in [0.2, 0.25) is 0 Å². The van der Waals surface area contributed by atoms with Crippen molar-refractivity contribution in [3.8, 4) is 16.9 Å². The van der Waals surface area contributed by atoms with E-state index in [9.17, 15) is 14.4 Å². The summed E-state index contributed by atoms with van der Waals surface area (Å²) in [6, 6.07) is 9.32. The van der Waals surface area contributed by atoms with Gasteiger partial charge in [-0.05, 0) is 66.1 Å².